The Bertz CT molecular complexity index is 332. The van der Waals surface area contributed by atoms with Crippen molar-refractivity contribution in [3.8, 4) is 0 Å². The Hall–Kier alpha value is -1.92. The third kappa shape index (κ3) is 2.26. The van der Waals surface area contributed by atoms with Crippen LogP contribution in [0.1, 0.15) is 10.5 Å². The standard InChI is InChI=1S/C6H8N4O3/c1-10-3-4(8-9-10)5(11)7-6(12)13-2/h3H,1-2H3,(H,7,11,12). The van der Waals surface area contributed by atoms with E-state index in [0.29, 0.717) is 0 Å². The first-order chi connectivity index (χ1) is 6.13. The predicted molar refractivity (Wildman–Crippen MR) is 40.9 cm³/mol. The summed E-state index contributed by atoms with van der Waals surface area (Å²) in [5.41, 5.74) is 0.0629. The number of ether oxygens (including phenoxy) is 1. The molecule has 1 rings (SSSR count). The van der Waals surface area contributed by atoms with E-state index >= 15 is 0 Å². The van der Waals surface area contributed by atoms with Crippen LogP contribution < -0.4 is 5.32 Å². The molecule has 70 valence electrons. The van der Waals surface area contributed by atoms with E-state index in [2.05, 4.69) is 15.0 Å². The third-order valence-electron chi connectivity index (χ3n) is 1.24. The molecule has 1 aromatic rings. The number of rotatable bonds is 1. The van der Waals surface area contributed by atoms with Gasteiger partial charge in [-0.15, -0.1) is 5.10 Å². The van der Waals surface area contributed by atoms with Gasteiger partial charge in [0.1, 0.15) is 0 Å². The predicted octanol–water partition coefficient (Wildman–Crippen LogP) is -0.689. The molecule has 1 aromatic heterocycles. The smallest absolute Gasteiger partial charge is 0.413 e. The van der Waals surface area contributed by atoms with Crippen molar-refractivity contribution in [2.45, 2.75) is 0 Å². The Kier molecular flexibility index (Phi) is 2.58. The second-order valence-electron chi connectivity index (χ2n) is 2.22. The molecule has 1 N–H and O–H groups in total. The van der Waals surface area contributed by atoms with Crippen molar-refractivity contribution in [1.29, 1.82) is 0 Å². The lowest BCUT2D eigenvalue weighted by Gasteiger charge is -1.97. The molecule has 1 heterocycles. The summed E-state index contributed by atoms with van der Waals surface area (Å²) in [6, 6.07) is 0. The highest BCUT2D eigenvalue weighted by Crippen LogP contribution is 1.90. The van der Waals surface area contributed by atoms with Crippen molar-refractivity contribution in [3.63, 3.8) is 0 Å². The maximum absolute atomic E-state index is 11.1. The zero-order valence-corrected chi connectivity index (χ0v) is 7.14. The van der Waals surface area contributed by atoms with Crippen LogP contribution >= 0.6 is 0 Å². The van der Waals surface area contributed by atoms with Gasteiger partial charge in [0.25, 0.3) is 5.91 Å². The Balaban J connectivity index is 2.64. The number of alkyl carbamates (subject to hydrolysis) is 1. The van der Waals surface area contributed by atoms with E-state index in [0.717, 1.165) is 0 Å². The van der Waals surface area contributed by atoms with E-state index in [9.17, 15) is 9.59 Å². The summed E-state index contributed by atoms with van der Waals surface area (Å²) in [6.07, 6.45) is 0.564. The van der Waals surface area contributed by atoms with Crippen molar-refractivity contribution >= 4 is 12.0 Å². The molecule has 0 saturated heterocycles. The molecule has 0 saturated carbocycles. The van der Waals surface area contributed by atoms with Gasteiger partial charge in [0.15, 0.2) is 5.69 Å². The largest absolute Gasteiger partial charge is 0.453 e. The minimum Gasteiger partial charge on any atom is -0.453 e. The number of nitrogens with zero attached hydrogens (tertiary/aromatic N) is 3. The first-order valence-corrected chi connectivity index (χ1v) is 3.39. The molecule has 7 heteroatoms. The SMILES string of the molecule is COC(=O)NC(=O)c1cn(C)nn1. The molecule has 0 unspecified atom stereocenters. The topological polar surface area (TPSA) is 86.1 Å². The van der Waals surface area contributed by atoms with Crippen LogP contribution in [-0.4, -0.2) is 34.1 Å². The Morgan fingerprint density at radius 2 is 2.31 bits per heavy atom. The first kappa shape index (κ1) is 9.17. The maximum Gasteiger partial charge on any atom is 0.413 e. The minimum absolute atomic E-state index is 0.0629. The summed E-state index contributed by atoms with van der Waals surface area (Å²) >= 11 is 0. The van der Waals surface area contributed by atoms with Gasteiger partial charge >= 0.3 is 6.09 Å². The zero-order chi connectivity index (χ0) is 9.84. The fourth-order valence-corrected chi connectivity index (χ4v) is 0.659. The lowest BCUT2D eigenvalue weighted by atomic mass is 10.4. The van der Waals surface area contributed by atoms with Crippen LogP contribution in [0.15, 0.2) is 6.20 Å². The molecule has 0 aliphatic carbocycles. The van der Waals surface area contributed by atoms with Gasteiger partial charge in [-0.1, -0.05) is 5.21 Å². The molecule has 0 bridgehead atoms. The number of carbonyl (C=O) groups is 2. The fourth-order valence-electron chi connectivity index (χ4n) is 0.659. The van der Waals surface area contributed by atoms with Gasteiger partial charge in [0.2, 0.25) is 0 Å². The number of amides is 2. The highest BCUT2D eigenvalue weighted by atomic mass is 16.5. The van der Waals surface area contributed by atoms with Crippen LogP contribution in [-0.2, 0) is 11.8 Å². The maximum atomic E-state index is 11.1. The molecule has 13 heavy (non-hydrogen) atoms. The minimum atomic E-state index is -0.823. The molecule has 2 amide bonds. The van der Waals surface area contributed by atoms with Crippen molar-refractivity contribution in [2.24, 2.45) is 7.05 Å². The van der Waals surface area contributed by atoms with Gasteiger partial charge in [-0.25, -0.2) is 4.79 Å². The summed E-state index contributed by atoms with van der Waals surface area (Å²) in [5, 5.41) is 8.96. The van der Waals surface area contributed by atoms with Crippen LogP contribution in [0.5, 0.6) is 0 Å². The molecule has 0 aromatic carbocycles. The van der Waals surface area contributed by atoms with E-state index in [1.807, 2.05) is 5.32 Å². The van der Waals surface area contributed by atoms with Crippen molar-refractivity contribution < 1.29 is 14.3 Å². The number of aryl methyl sites for hydroxylation is 1. The zero-order valence-electron chi connectivity index (χ0n) is 7.14. The van der Waals surface area contributed by atoms with Crippen LogP contribution in [0.4, 0.5) is 4.79 Å². The van der Waals surface area contributed by atoms with Crippen molar-refractivity contribution in [3.05, 3.63) is 11.9 Å². The second kappa shape index (κ2) is 3.65. The van der Waals surface area contributed by atoms with Gasteiger partial charge in [-0.05, 0) is 0 Å². The van der Waals surface area contributed by atoms with Crippen LogP contribution in [0.3, 0.4) is 0 Å². The summed E-state index contributed by atoms with van der Waals surface area (Å²) in [4.78, 5) is 21.7. The number of nitrogens with one attached hydrogen (secondary N) is 1. The second-order valence-corrected chi connectivity index (χ2v) is 2.22. The lowest BCUT2D eigenvalue weighted by Crippen LogP contribution is -2.30. The molecule has 7 nitrogen and oxygen atoms in total. The molecule has 0 aliphatic heterocycles. The number of hydrogen-bond donors (Lipinski definition) is 1. The van der Waals surface area contributed by atoms with Gasteiger partial charge in [0.05, 0.1) is 13.3 Å². The molecule has 0 fully saturated rings. The average Bonchev–Trinajstić information content (AvgIpc) is 2.51. The number of hydrogen-bond acceptors (Lipinski definition) is 5. The monoisotopic (exact) mass is 184 g/mol. The van der Waals surface area contributed by atoms with Crippen molar-refractivity contribution in [1.82, 2.24) is 20.3 Å². The normalized spacial score (nSPS) is 9.38. The lowest BCUT2D eigenvalue weighted by molar-refractivity contribution is 0.0932. The number of methoxy groups -OCH3 is 1. The number of aromatic nitrogens is 3. The van der Waals surface area contributed by atoms with E-state index in [1.165, 1.54) is 18.0 Å². The molecule has 0 radical (unpaired) electrons. The fraction of sp³-hybridized carbons (Fsp3) is 0.333. The molecular formula is C6H8N4O3. The summed E-state index contributed by atoms with van der Waals surface area (Å²) in [6.45, 7) is 0. The molecule has 0 aliphatic rings. The molecule has 0 atom stereocenters. The third-order valence-corrected chi connectivity index (χ3v) is 1.24. The molecule has 0 spiro atoms. The Morgan fingerprint density at radius 1 is 1.62 bits per heavy atom. The number of imide groups is 1. The van der Waals surface area contributed by atoms with Gasteiger partial charge in [-0.2, -0.15) is 0 Å². The van der Waals surface area contributed by atoms with E-state index in [1.54, 1.807) is 7.05 Å². The quantitative estimate of drug-likeness (QED) is 0.624. The van der Waals surface area contributed by atoms with Crippen molar-refractivity contribution in [2.75, 3.05) is 7.11 Å². The summed E-state index contributed by atoms with van der Waals surface area (Å²) in [5.74, 6) is -0.639. The van der Waals surface area contributed by atoms with E-state index in [-0.39, 0.29) is 5.69 Å². The van der Waals surface area contributed by atoms with Crippen LogP contribution in [0.2, 0.25) is 0 Å². The highest BCUT2D eigenvalue weighted by molar-refractivity contribution is 6.01. The van der Waals surface area contributed by atoms with E-state index in [4.69, 9.17) is 0 Å². The first-order valence-electron chi connectivity index (χ1n) is 3.39. The van der Waals surface area contributed by atoms with Crippen LogP contribution in [0, 0.1) is 0 Å². The summed E-state index contributed by atoms with van der Waals surface area (Å²) in [7, 11) is 2.78. The van der Waals surface area contributed by atoms with Gasteiger partial charge in [-0.3, -0.25) is 14.8 Å². The highest BCUT2D eigenvalue weighted by Gasteiger charge is 2.12. The Labute approximate surface area is 73.7 Å². The van der Waals surface area contributed by atoms with Gasteiger partial charge < -0.3 is 4.74 Å². The van der Waals surface area contributed by atoms with Crippen LogP contribution in [0.25, 0.3) is 0 Å². The molecular weight excluding hydrogens is 176 g/mol. The van der Waals surface area contributed by atoms with Gasteiger partial charge in [0, 0.05) is 7.05 Å². The Morgan fingerprint density at radius 3 is 2.77 bits per heavy atom. The number of carbonyl (C=O) groups excluding carboxylic acids is 2. The average molecular weight is 184 g/mol. The van der Waals surface area contributed by atoms with E-state index < -0.39 is 12.0 Å². The summed E-state index contributed by atoms with van der Waals surface area (Å²) < 4.78 is 5.58.